The molecule has 1 aliphatic rings. The molecule has 3 nitrogen and oxygen atoms in total. The highest BCUT2D eigenvalue weighted by atomic mass is 19.4. The third kappa shape index (κ3) is 3.29. The van der Waals surface area contributed by atoms with E-state index in [4.69, 9.17) is 5.26 Å². The van der Waals surface area contributed by atoms with Crippen LogP contribution < -0.4 is 4.90 Å². The molecule has 2 rings (SSSR count). The van der Waals surface area contributed by atoms with E-state index in [1.807, 2.05) is 0 Å². The van der Waals surface area contributed by atoms with Crippen molar-refractivity contribution in [3.05, 3.63) is 28.8 Å². The molecule has 0 aromatic heterocycles. The fourth-order valence-electron chi connectivity index (χ4n) is 3.11. The Hall–Kier alpha value is -1.95. The molecule has 1 fully saturated rings. The number of nitrogens with zero attached hydrogens (tertiary/aromatic N) is 2. The molecule has 9 heteroatoms. The molecule has 0 amide bonds. The molecule has 1 aliphatic heterocycles. The molecule has 0 bridgehead atoms. The number of nitriles is 1. The number of rotatable bonds is 2. The van der Waals surface area contributed by atoms with Crippen LogP contribution in [0.25, 0.3) is 0 Å². The van der Waals surface area contributed by atoms with Gasteiger partial charge in [0.15, 0.2) is 6.10 Å². The Morgan fingerprint density at radius 1 is 1.25 bits per heavy atom. The van der Waals surface area contributed by atoms with Crippen molar-refractivity contribution in [2.24, 2.45) is 0 Å². The Bertz CT molecular complexity index is 662. The number of aliphatic hydroxyl groups is 1. The minimum Gasteiger partial charge on any atom is -0.382 e. The van der Waals surface area contributed by atoms with Crippen molar-refractivity contribution in [2.45, 2.75) is 44.3 Å². The summed E-state index contributed by atoms with van der Waals surface area (Å²) in [7, 11) is 0. The van der Waals surface area contributed by atoms with Gasteiger partial charge in [0.1, 0.15) is 0 Å². The summed E-state index contributed by atoms with van der Waals surface area (Å²) < 4.78 is 78.0. The van der Waals surface area contributed by atoms with Crippen LogP contribution in [0.5, 0.6) is 0 Å². The Kier molecular flexibility index (Phi) is 4.72. The van der Waals surface area contributed by atoms with Crippen molar-refractivity contribution in [1.82, 2.24) is 0 Å². The number of alkyl halides is 6. The lowest BCUT2D eigenvalue weighted by Crippen LogP contribution is -2.47. The number of hydrogen-bond donors (Lipinski definition) is 1. The van der Waals surface area contributed by atoms with Crippen LogP contribution >= 0.6 is 0 Å². The van der Waals surface area contributed by atoms with E-state index in [-0.39, 0.29) is 24.2 Å². The molecular weight excluding hydrogens is 338 g/mol. The molecule has 132 valence electrons. The van der Waals surface area contributed by atoms with Crippen LogP contribution in [0.15, 0.2) is 12.1 Å². The largest absolute Gasteiger partial charge is 0.418 e. The monoisotopic (exact) mass is 352 g/mol. The number of aliphatic hydroxyl groups excluding tert-OH is 1. The lowest BCUT2D eigenvalue weighted by atomic mass is 9.98. The van der Waals surface area contributed by atoms with Gasteiger partial charge in [0.2, 0.25) is 0 Å². The van der Waals surface area contributed by atoms with Crippen molar-refractivity contribution in [3.8, 4) is 6.07 Å². The fraction of sp³-hybridized carbons (Fsp3) is 0.533. The van der Waals surface area contributed by atoms with Crippen LogP contribution in [0.4, 0.5) is 32.0 Å². The lowest BCUT2D eigenvalue weighted by molar-refractivity contribution is -0.209. The van der Waals surface area contributed by atoms with Gasteiger partial charge in [0.25, 0.3) is 0 Å². The average Bonchev–Trinajstić information content (AvgIpc) is 2.92. The summed E-state index contributed by atoms with van der Waals surface area (Å²) in [5.74, 6) is 0. The highest BCUT2D eigenvalue weighted by Gasteiger charge is 2.48. The van der Waals surface area contributed by atoms with Gasteiger partial charge >= 0.3 is 12.4 Å². The van der Waals surface area contributed by atoms with Gasteiger partial charge in [-0.05, 0) is 37.5 Å². The molecule has 1 aromatic carbocycles. The summed E-state index contributed by atoms with van der Waals surface area (Å²) in [6, 6.07) is 2.25. The maximum Gasteiger partial charge on any atom is 0.418 e. The zero-order valence-electron chi connectivity index (χ0n) is 12.5. The first-order valence-electron chi connectivity index (χ1n) is 7.10. The maximum atomic E-state index is 13.2. The summed E-state index contributed by atoms with van der Waals surface area (Å²) in [5, 5.41) is 18.4. The predicted octanol–water partition coefficient (Wildman–Crippen LogP) is 3.78. The van der Waals surface area contributed by atoms with Gasteiger partial charge in [0, 0.05) is 12.2 Å². The predicted molar refractivity (Wildman–Crippen MR) is 73.3 cm³/mol. The summed E-state index contributed by atoms with van der Waals surface area (Å²) >= 11 is 0. The van der Waals surface area contributed by atoms with Crippen LogP contribution in [0.3, 0.4) is 0 Å². The first-order chi connectivity index (χ1) is 11.0. The molecule has 2 atom stereocenters. The molecular formula is C15H14F6N2O. The minimum atomic E-state index is -4.86. The summed E-state index contributed by atoms with van der Waals surface area (Å²) in [6.07, 6.45) is -12.0. The average molecular weight is 352 g/mol. The molecule has 0 radical (unpaired) electrons. The van der Waals surface area contributed by atoms with Gasteiger partial charge in [-0.25, -0.2) is 0 Å². The van der Waals surface area contributed by atoms with Gasteiger partial charge in [-0.3, -0.25) is 0 Å². The normalized spacial score (nSPS) is 20.1. The van der Waals surface area contributed by atoms with Crippen molar-refractivity contribution in [2.75, 3.05) is 11.4 Å². The summed E-state index contributed by atoms with van der Waals surface area (Å²) in [6.45, 7) is 1.22. The lowest BCUT2D eigenvalue weighted by Gasteiger charge is -2.33. The van der Waals surface area contributed by atoms with E-state index in [1.54, 1.807) is 0 Å². The van der Waals surface area contributed by atoms with E-state index >= 15 is 0 Å². The van der Waals surface area contributed by atoms with E-state index in [0.29, 0.717) is 6.42 Å². The van der Waals surface area contributed by atoms with Gasteiger partial charge in [-0.1, -0.05) is 0 Å². The maximum absolute atomic E-state index is 13.2. The minimum absolute atomic E-state index is 0.0153. The Morgan fingerprint density at radius 3 is 2.38 bits per heavy atom. The second-order valence-corrected chi connectivity index (χ2v) is 5.63. The van der Waals surface area contributed by atoms with Gasteiger partial charge in [-0.2, -0.15) is 31.6 Å². The SMILES string of the molecule is Cc1c(N2CCC[C@@H]2[C@H](O)C(F)(F)F)ccc(C#N)c1C(F)(F)F. The Morgan fingerprint density at radius 2 is 1.88 bits per heavy atom. The quantitative estimate of drug-likeness (QED) is 0.824. The molecule has 0 saturated carbocycles. The van der Waals surface area contributed by atoms with Crippen molar-refractivity contribution < 1.29 is 31.4 Å². The van der Waals surface area contributed by atoms with Gasteiger partial charge in [0.05, 0.1) is 23.2 Å². The van der Waals surface area contributed by atoms with E-state index in [1.165, 1.54) is 12.1 Å². The number of hydrogen-bond acceptors (Lipinski definition) is 3. The molecule has 24 heavy (non-hydrogen) atoms. The third-order valence-corrected chi connectivity index (χ3v) is 4.15. The molecule has 0 aliphatic carbocycles. The summed E-state index contributed by atoms with van der Waals surface area (Å²) in [5.41, 5.74) is -2.11. The molecule has 1 heterocycles. The number of anilines is 1. The van der Waals surface area contributed by atoms with Crippen LogP contribution in [0.2, 0.25) is 0 Å². The summed E-state index contributed by atoms with van der Waals surface area (Å²) in [4.78, 5) is 1.14. The molecule has 1 N–H and O–H groups in total. The highest BCUT2D eigenvalue weighted by Crippen LogP contribution is 2.41. The Labute approximate surface area is 134 Å². The first kappa shape index (κ1) is 18.4. The van der Waals surface area contributed by atoms with Crippen molar-refractivity contribution in [1.29, 1.82) is 5.26 Å². The van der Waals surface area contributed by atoms with Crippen LogP contribution in [-0.4, -0.2) is 30.0 Å². The Balaban J connectivity index is 2.51. The molecule has 0 spiro atoms. The van der Waals surface area contributed by atoms with Crippen molar-refractivity contribution in [3.63, 3.8) is 0 Å². The second-order valence-electron chi connectivity index (χ2n) is 5.63. The number of benzene rings is 1. The van der Waals surface area contributed by atoms with Crippen LogP contribution in [0, 0.1) is 18.3 Å². The van der Waals surface area contributed by atoms with Gasteiger partial charge in [-0.15, -0.1) is 0 Å². The zero-order valence-corrected chi connectivity index (χ0v) is 12.5. The second kappa shape index (κ2) is 6.16. The fourth-order valence-corrected chi connectivity index (χ4v) is 3.11. The van der Waals surface area contributed by atoms with E-state index < -0.39 is 35.6 Å². The van der Waals surface area contributed by atoms with E-state index in [2.05, 4.69) is 0 Å². The van der Waals surface area contributed by atoms with Gasteiger partial charge < -0.3 is 10.0 Å². The molecule has 1 aromatic rings. The smallest absolute Gasteiger partial charge is 0.382 e. The molecule has 0 unspecified atom stereocenters. The highest BCUT2D eigenvalue weighted by molar-refractivity contribution is 5.62. The van der Waals surface area contributed by atoms with E-state index in [0.717, 1.165) is 17.9 Å². The van der Waals surface area contributed by atoms with E-state index in [9.17, 15) is 31.4 Å². The topological polar surface area (TPSA) is 47.3 Å². The zero-order chi connectivity index (χ0) is 18.3. The standard InChI is InChI=1S/C15H14F6N2O/c1-8-10(5-4-9(7-22)12(8)14(16,17)18)23-6-2-3-11(23)13(24)15(19,20)21/h4-5,11,13,24H,2-3,6H2,1H3/t11-,13+/m1/s1. The third-order valence-electron chi connectivity index (χ3n) is 4.15. The van der Waals surface area contributed by atoms with Crippen molar-refractivity contribution >= 4 is 5.69 Å². The number of halogens is 6. The first-order valence-corrected chi connectivity index (χ1v) is 7.10. The van der Waals surface area contributed by atoms with Crippen LogP contribution in [0.1, 0.15) is 29.5 Å². The molecule has 1 saturated heterocycles. The van der Waals surface area contributed by atoms with Crippen LogP contribution in [-0.2, 0) is 6.18 Å².